The summed E-state index contributed by atoms with van der Waals surface area (Å²) in [6.07, 6.45) is 0. The molecule has 0 bridgehead atoms. The molecule has 0 aromatic heterocycles. The van der Waals surface area contributed by atoms with E-state index >= 15 is 0 Å². The van der Waals surface area contributed by atoms with E-state index in [1.807, 2.05) is 66.5 Å². The van der Waals surface area contributed by atoms with Gasteiger partial charge >= 0.3 is 0 Å². The summed E-state index contributed by atoms with van der Waals surface area (Å²) >= 11 is 4.54. The van der Waals surface area contributed by atoms with Crippen LogP contribution in [0.3, 0.4) is 0 Å². The van der Waals surface area contributed by atoms with Crippen LogP contribution in [-0.4, -0.2) is 30.1 Å². The van der Waals surface area contributed by atoms with Crippen LogP contribution in [0.2, 0.25) is 0 Å². The summed E-state index contributed by atoms with van der Waals surface area (Å²) in [7, 11) is 0. The van der Waals surface area contributed by atoms with Gasteiger partial charge in [0.25, 0.3) is 0 Å². The Morgan fingerprint density at radius 1 is 0.862 bits per heavy atom. The van der Waals surface area contributed by atoms with E-state index in [4.69, 9.17) is 9.47 Å². The number of nitrogens with zero attached hydrogens (tertiary/aromatic N) is 3. The highest BCUT2D eigenvalue weighted by atomic mass is 32.1. The molecule has 1 aliphatic rings. The molecule has 6 heteroatoms. The number of aliphatic imine (C=N–C) groups is 1. The Balaban J connectivity index is 1.46. The number of amidine groups is 1. The molecular weight excluding hydrogens is 382 g/mol. The number of hydrogen-bond donors (Lipinski definition) is 1. The van der Waals surface area contributed by atoms with Gasteiger partial charge in [-0.15, -0.1) is 4.41 Å². The van der Waals surface area contributed by atoms with Crippen LogP contribution < -0.4 is 14.5 Å². The van der Waals surface area contributed by atoms with Crippen molar-refractivity contribution < 1.29 is 9.47 Å². The number of hydrazine groups is 1. The number of benzene rings is 3. The molecule has 1 aliphatic heterocycles. The van der Waals surface area contributed by atoms with Gasteiger partial charge in [-0.25, -0.2) is 10.0 Å². The fourth-order valence-electron chi connectivity index (χ4n) is 3.21. The third kappa shape index (κ3) is 4.39. The first-order valence-corrected chi connectivity index (χ1v) is 9.96. The number of thiol groups is 1. The summed E-state index contributed by atoms with van der Waals surface area (Å²) < 4.78 is 13.5. The van der Waals surface area contributed by atoms with Crippen LogP contribution in [-0.2, 0) is 0 Å². The number of anilines is 1. The van der Waals surface area contributed by atoms with Crippen molar-refractivity contribution in [2.24, 2.45) is 4.99 Å². The van der Waals surface area contributed by atoms with Crippen LogP contribution in [0.5, 0.6) is 11.5 Å². The van der Waals surface area contributed by atoms with E-state index in [1.165, 1.54) is 5.56 Å². The van der Waals surface area contributed by atoms with Crippen LogP contribution in [0.1, 0.15) is 6.92 Å². The standard InChI is InChI=1S/C23H23N3O2S/c1-2-27-22-11-7-6-10-21(22)26-23(24-17-25(26)29)16-28-20-14-12-19(13-15-20)18-8-4-3-5-9-18/h3-15,29H,2,16-17H2,1H3. The Morgan fingerprint density at radius 2 is 1.55 bits per heavy atom. The average Bonchev–Trinajstić information content (AvgIpc) is 3.14. The summed E-state index contributed by atoms with van der Waals surface area (Å²) in [5, 5.41) is 1.92. The van der Waals surface area contributed by atoms with Gasteiger partial charge in [-0.2, -0.15) is 0 Å². The maximum absolute atomic E-state index is 6.01. The molecule has 0 amide bonds. The largest absolute Gasteiger partial charge is 0.492 e. The Labute approximate surface area is 176 Å². The zero-order valence-electron chi connectivity index (χ0n) is 16.2. The molecule has 0 saturated heterocycles. The topological polar surface area (TPSA) is 37.3 Å². The minimum Gasteiger partial charge on any atom is -0.492 e. The molecule has 148 valence electrons. The van der Waals surface area contributed by atoms with Crippen molar-refractivity contribution in [1.82, 2.24) is 4.41 Å². The quantitative estimate of drug-likeness (QED) is 0.557. The van der Waals surface area contributed by atoms with E-state index in [2.05, 4.69) is 42.1 Å². The molecule has 0 saturated carbocycles. The van der Waals surface area contributed by atoms with Crippen molar-refractivity contribution in [1.29, 1.82) is 0 Å². The molecular formula is C23H23N3O2S. The van der Waals surface area contributed by atoms with Crippen molar-refractivity contribution in [2.75, 3.05) is 24.9 Å². The van der Waals surface area contributed by atoms with Gasteiger partial charge in [-0.05, 0) is 42.3 Å². The normalized spacial score (nSPS) is 14.0. The van der Waals surface area contributed by atoms with E-state index < -0.39 is 0 Å². The SMILES string of the molecule is CCOc1ccccc1N1C(COc2ccc(-c3ccccc3)cc2)=NCN1S. The average molecular weight is 406 g/mol. The molecule has 0 spiro atoms. The summed E-state index contributed by atoms with van der Waals surface area (Å²) in [6, 6.07) is 26.2. The Hall–Kier alpha value is -2.96. The second-order valence-corrected chi connectivity index (χ2v) is 6.94. The molecule has 0 aliphatic carbocycles. The van der Waals surface area contributed by atoms with Crippen LogP contribution in [0, 0.1) is 0 Å². The molecule has 5 nitrogen and oxygen atoms in total. The van der Waals surface area contributed by atoms with Crippen LogP contribution in [0.15, 0.2) is 83.9 Å². The zero-order chi connectivity index (χ0) is 20.1. The van der Waals surface area contributed by atoms with Crippen molar-refractivity contribution in [3.63, 3.8) is 0 Å². The lowest BCUT2D eigenvalue weighted by Crippen LogP contribution is -2.38. The van der Waals surface area contributed by atoms with E-state index in [0.29, 0.717) is 19.9 Å². The monoisotopic (exact) mass is 405 g/mol. The summed E-state index contributed by atoms with van der Waals surface area (Å²) in [5.74, 6) is 2.36. The Morgan fingerprint density at radius 3 is 2.31 bits per heavy atom. The first kappa shape index (κ1) is 19.4. The molecule has 29 heavy (non-hydrogen) atoms. The van der Waals surface area contributed by atoms with Gasteiger partial charge in [0.1, 0.15) is 30.5 Å². The molecule has 4 rings (SSSR count). The minimum absolute atomic E-state index is 0.336. The lowest BCUT2D eigenvalue weighted by molar-refractivity contribution is 0.338. The molecule has 0 unspecified atom stereocenters. The van der Waals surface area contributed by atoms with Crippen molar-refractivity contribution >= 4 is 24.3 Å². The lowest BCUT2D eigenvalue weighted by atomic mass is 10.1. The van der Waals surface area contributed by atoms with Crippen LogP contribution in [0.25, 0.3) is 11.1 Å². The van der Waals surface area contributed by atoms with Gasteiger partial charge in [-0.1, -0.05) is 67.4 Å². The third-order valence-electron chi connectivity index (χ3n) is 4.58. The van der Waals surface area contributed by atoms with Crippen molar-refractivity contribution in [2.45, 2.75) is 6.92 Å². The lowest BCUT2D eigenvalue weighted by Gasteiger charge is -2.27. The number of rotatable bonds is 7. The maximum atomic E-state index is 6.01. The van der Waals surface area contributed by atoms with E-state index in [9.17, 15) is 0 Å². The number of hydrogen-bond acceptors (Lipinski definition) is 6. The summed E-state index contributed by atoms with van der Waals surface area (Å²) in [5.41, 5.74) is 3.23. The molecule has 3 aromatic carbocycles. The highest BCUT2D eigenvalue weighted by Gasteiger charge is 2.27. The second kappa shape index (κ2) is 9.03. The molecule has 0 radical (unpaired) electrons. The molecule has 1 heterocycles. The fraction of sp³-hybridized carbons (Fsp3) is 0.174. The van der Waals surface area contributed by atoms with E-state index in [1.54, 1.807) is 4.41 Å². The highest BCUT2D eigenvalue weighted by molar-refractivity contribution is 7.77. The van der Waals surface area contributed by atoms with E-state index in [-0.39, 0.29) is 0 Å². The predicted molar refractivity (Wildman–Crippen MR) is 121 cm³/mol. The second-order valence-electron chi connectivity index (χ2n) is 6.48. The van der Waals surface area contributed by atoms with Gasteiger partial charge in [0.05, 0.1) is 6.61 Å². The fourth-order valence-corrected chi connectivity index (χ4v) is 3.47. The van der Waals surface area contributed by atoms with Gasteiger partial charge < -0.3 is 9.47 Å². The summed E-state index contributed by atoms with van der Waals surface area (Å²) in [6.45, 7) is 3.35. The number of ether oxygens (including phenoxy) is 2. The summed E-state index contributed by atoms with van der Waals surface area (Å²) in [4.78, 5) is 4.57. The van der Waals surface area contributed by atoms with Gasteiger partial charge in [-0.3, -0.25) is 0 Å². The van der Waals surface area contributed by atoms with Gasteiger partial charge in [0.2, 0.25) is 0 Å². The minimum atomic E-state index is 0.336. The Bertz CT molecular complexity index is 977. The number of para-hydroxylation sites is 2. The van der Waals surface area contributed by atoms with Gasteiger partial charge in [0, 0.05) is 0 Å². The molecule has 0 atom stereocenters. The third-order valence-corrected chi connectivity index (χ3v) is 4.88. The zero-order valence-corrected chi connectivity index (χ0v) is 17.1. The molecule has 3 aromatic rings. The van der Waals surface area contributed by atoms with Crippen LogP contribution in [0.4, 0.5) is 5.69 Å². The van der Waals surface area contributed by atoms with Crippen molar-refractivity contribution in [3.05, 3.63) is 78.9 Å². The first-order valence-electron chi connectivity index (χ1n) is 9.56. The first-order chi connectivity index (χ1) is 14.3. The van der Waals surface area contributed by atoms with E-state index in [0.717, 1.165) is 28.6 Å². The van der Waals surface area contributed by atoms with Crippen LogP contribution >= 0.6 is 12.8 Å². The van der Waals surface area contributed by atoms with Crippen molar-refractivity contribution in [3.8, 4) is 22.6 Å². The molecule has 0 N–H and O–H groups in total. The highest BCUT2D eigenvalue weighted by Crippen LogP contribution is 2.32. The molecule has 0 fully saturated rings. The predicted octanol–water partition coefficient (Wildman–Crippen LogP) is 5.07. The smallest absolute Gasteiger partial charge is 0.159 e. The maximum Gasteiger partial charge on any atom is 0.159 e. The van der Waals surface area contributed by atoms with Gasteiger partial charge in [0.15, 0.2) is 5.84 Å². The Kier molecular flexibility index (Phi) is 6.03.